The molecule has 10 aromatic rings. The van der Waals surface area contributed by atoms with Gasteiger partial charge in [-0.1, -0.05) is 115 Å². The molecule has 0 nitrogen and oxygen atoms in total. The van der Waals surface area contributed by atoms with E-state index < -0.39 is 0 Å². The number of fused-ring (bicyclic) bond motifs is 9. The van der Waals surface area contributed by atoms with Gasteiger partial charge in [-0.3, -0.25) is 0 Å². The van der Waals surface area contributed by atoms with E-state index in [0.717, 1.165) is 0 Å². The molecule has 0 fully saturated rings. The van der Waals surface area contributed by atoms with E-state index in [1.54, 1.807) is 0 Å². The van der Waals surface area contributed by atoms with Crippen molar-refractivity contribution in [2.45, 2.75) is 0 Å². The maximum absolute atomic E-state index is 2.41. The van der Waals surface area contributed by atoms with Gasteiger partial charge < -0.3 is 0 Å². The van der Waals surface area contributed by atoms with Crippen LogP contribution in [-0.2, 0) is 0 Å². The first-order valence-electron chi connectivity index (χ1n) is 14.8. The molecule has 0 unspecified atom stereocenters. The number of rotatable bonds is 2. The zero-order valence-corrected chi connectivity index (χ0v) is 24.1. The lowest BCUT2D eigenvalue weighted by atomic mass is 9.85. The molecule has 0 aliphatic carbocycles. The first-order valence-corrected chi connectivity index (χ1v) is 15.7. The summed E-state index contributed by atoms with van der Waals surface area (Å²) in [6.45, 7) is 0. The largest absolute Gasteiger partial charge is 0.135 e. The highest BCUT2D eigenvalue weighted by Gasteiger charge is 2.17. The van der Waals surface area contributed by atoms with Crippen LogP contribution in [0.3, 0.4) is 0 Å². The number of benzene rings is 9. The summed E-state index contributed by atoms with van der Waals surface area (Å²) in [6.07, 6.45) is 0. The Hall–Kier alpha value is -5.24. The molecule has 0 N–H and O–H groups in total. The van der Waals surface area contributed by atoms with Crippen molar-refractivity contribution in [3.63, 3.8) is 0 Å². The van der Waals surface area contributed by atoms with Gasteiger partial charge in [0.15, 0.2) is 0 Å². The highest BCUT2D eigenvalue weighted by atomic mass is 32.1. The summed E-state index contributed by atoms with van der Waals surface area (Å²) in [7, 11) is 0. The second kappa shape index (κ2) is 8.64. The molecule has 1 heteroatoms. The Bertz CT molecular complexity index is 2730. The second-order valence-corrected chi connectivity index (χ2v) is 12.7. The minimum Gasteiger partial charge on any atom is -0.135 e. The van der Waals surface area contributed by atoms with Crippen LogP contribution in [0.2, 0.25) is 0 Å². The highest BCUT2D eigenvalue weighted by Crippen LogP contribution is 2.45. The van der Waals surface area contributed by atoms with Crippen LogP contribution < -0.4 is 0 Å². The van der Waals surface area contributed by atoms with E-state index in [0.29, 0.717) is 0 Å². The van der Waals surface area contributed by atoms with Gasteiger partial charge in [-0.2, -0.15) is 0 Å². The maximum Gasteiger partial charge on any atom is 0.0355 e. The van der Waals surface area contributed by atoms with Gasteiger partial charge in [0, 0.05) is 20.2 Å². The summed E-state index contributed by atoms with van der Waals surface area (Å²) in [4.78, 5) is 0. The standard InChI is InChI=1S/C42H24S/c1-2-11-30-29(10-1)33-13-6-15-35-31-20-18-27(23-37(31)36-16-7-14-34(30)42(36)41(33)35)25-8-5-9-26(22-25)28-19-21-40-38(24-28)32-12-3-4-17-39(32)43-40/h1-24H. The Balaban J connectivity index is 1.20. The van der Waals surface area contributed by atoms with Gasteiger partial charge in [-0.05, 0) is 106 Å². The Labute approximate surface area is 252 Å². The van der Waals surface area contributed by atoms with E-state index >= 15 is 0 Å². The van der Waals surface area contributed by atoms with E-state index in [1.807, 2.05) is 11.3 Å². The van der Waals surface area contributed by atoms with E-state index in [2.05, 4.69) is 146 Å². The van der Waals surface area contributed by atoms with Crippen molar-refractivity contribution in [2.75, 3.05) is 0 Å². The summed E-state index contributed by atoms with van der Waals surface area (Å²) < 4.78 is 2.69. The summed E-state index contributed by atoms with van der Waals surface area (Å²) >= 11 is 1.87. The van der Waals surface area contributed by atoms with E-state index in [4.69, 9.17) is 0 Å². The molecule has 0 aliphatic heterocycles. The third-order valence-electron chi connectivity index (χ3n) is 9.39. The average molecular weight is 561 g/mol. The van der Waals surface area contributed by atoms with Crippen LogP contribution in [0.1, 0.15) is 0 Å². The summed E-state index contributed by atoms with van der Waals surface area (Å²) in [5.41, 5.74) is 4.99. The molecule has 1 aromatic heterocycles. The molecular formula is C42H24S. The van der Waals surface area contributed by atoms with Crippen molar-refractivity contribution in [3.8, 4) is 22.3 Å². The molecule has 0 amide bonds. The first kappa shape index (κ1) is 23.3. The van der Waals surface area contributed by atoms with E-state index in [-0.39, 0.29) is 0 Å². The Kier molecular flexibility index (Phi) is 4.69. The molecule has 1 heterocycles. The van der Waals surface area contributed by atoms with Gasteiger partial charge >= 0.3 is 0 Å². The van der Waals surface area contributed by atoms with Crippen LogP contribution in [0.4, 0.5) is 0 Å². The predicted molar refractivity (Wildman–Crippen MR) is 189 cm³/mol. The highest BCUT2D eigenvalue weighted by molar-refractivity contribution is 7.25. The van der Waals surface area contributed by atoms with Crippen molar-refractivity contribution < 1.29 is 0 Å². The molecule has 0 atom stereocenters. The lowest BCUT2D eigenvalue weighted by Crippen LogP contribution is -1.90. The molecule has 0 saturated heterocycles. The van der Waals surface area contributed by atoms with Gasteiger partial charge in [-0.25, -0.2) is 0 Å². The molecule has 10 rings (SSSR count). The minimum absolute atomic E-state index is 1.24. The molecule has 43 heavy (non-hydrogen) atoms. The average Bonchev–Trinajstić information content (AvgIpc) is 3.46. The van der Waals surface area contributed by atoms with Gasteiger partial charge in [0.2, 0.25) is 0 Å². The van der Waals surface area contributed by atoms with E-state index in [1.165, 1.54) is 96.3 Å². The fourth-order valence-electron chi connectivity index (χ4n) is 7.46. The predicted octanol–water partition coefficient (Wildman–Crippen LogP) is 12.6. The topological polar surface area (TPSA) is 0 Å². The summed E-state index contributed by atoms with van der Waals surface area (Å²) in [5.74, 6) is 0. The Morgan fingerprint density at radius 3 is 1.37 bits per heavy atom. The van der Waals surface area contributed by atoms with Gasteiger partial charge in [0.25, 0.3) is 0 Å². The van der Waals surface area contributed by atoms with Crippen molar-refractivity contribution >= 4 is 85.4 Å². The van der Waals surface area contributed by atoms with Gasteiger partial charge in [0.1, 0.15) is 0 Å². The van der Waals surface area contributed by atoms with Crippen molar-refractivity contribution in [1.82, 2.24) is 0 Å². The second-order valence-electron chi connectivity index (χ2n) is 11.7. The third-order valence-corrected chi connectivity index (χ3v) is 10.5. The summed E-state index contributed by atoms with van der Waals surface area (Å²) in [5, 5.41) is 16.1. The quantitative estimate of drug-likeness (QED) is 0.146. The SMILES string of the molecule is c1cc(-c2ccc3sc4ccccc4c3c2)cc(-c2ccc3c(c2)c2cccc4c5ccccc5c5cccc3c5c42)c1. The molecule has 0 radical (unpaired) electrons. The molecule has 0 bridgehead atoms. The normalized spacial score (nSPS) is 12.2. The van der Waals surface area contributed by atoms with Gasteiger partial charge in [0.05, 0.1) is 0 Å². The zero-order chi connectivity index (χ0) is 28.1. The van der Waals surface area contributed by atoms with Crippen LogP contribution >= 0.6 is 11.3 Å². The molecule has 9 aromatic carbocycles. The van der Waals surface area contributed by atoms with Crippen molar-refractivity contribution in [2.24, 2.45) is 0 Å². The Morgan fingerprint density at radius 1 is 0.256 bits per heavy atom. The fourth-order valence-corrected chi connectivity index (χ4v) is 8.55. The molecule has 198 valence electrons. The summed E-state index contributed by atoms with van der Waals surface area (Å²) in [6, 6.07) is 54.2. The number of hydrogen-bond donors (Lipinski definition) is 0. The molecule has 0 spiro atoms. The van der Waals surface area contributed by atoms with Crippen LogP contribution in [0.25, 0.3) is 96.3 Å². The Morgan fingerprint density at radius 2 is 0.698 bits per heavy atom. The van der Waals surface area contributed by atoms with Crippen molar-refractivity contribution in [3.05, 3.63) is 146 Å². The molecule has 0 saturated carbocycles. The maximum atomic E-state index is 2.41. The van der Waals surface area contributed by atoms with Gasteiger partial charge in [-0.15, -0.1) is 11.3 Å². The third kappa shape index (κ3) is 3.26. The zero-order valence-electron chi connectivity index (χ0n) is 23.3. The minimum atomic E-state index is 1.24. The number of thiophene rings is 1. The monoisotopic (exact) mass is 560 g/mol. The lowest BCUT2D eigenvalue weighted by Gasteiger charge is -2.18. The van der Waals surface area contributed by atoms with Crippen LogP contribution in [-0.4, -0.2) is 0 Å². The first-order chi connectivity index (χ1) is 21.3. The number of hydrogen-bond acceptors (Lipinski definition) is 1. The smallest absolute Gasteiger partial charge is 0.0355 e. The van der Waals surface area contributed by atoms with Crippen molar-refractivity contribution in [1.29, 1.82) is 0 Å². The lowest BCUT2D eigenvalue weighted by molar-refractivity contribution is 1.62. The van der Waals surface area contributed by atoms with Crippen LogP contribution in [0.15, 0.2) is 146 Å². The fraction of sp³-hybridized carbons (Fsp3) is 0. The molecular weight excluding hydrogens is 537 g/mol. The molecule has 0 aliphatic rings. The van der Waals surface area contributed by atoms with Crippen LogP contribution in [0, 0.1) is 0 Å². The van der Waals surface area contributed by atoms with E-state index in [9.17, 15) is 0 Å². The van der Waals surface area contributed by atoms with Crippen LogP contribution in [0.5, 0.6) is 0 Å².